The lowest BCUT2D eigenvalue weighted by molar-refractivity contribution is 0.469. The second kappa shape index (κ2) is 5.94. The van der Waals surface area contributed by atoms with E-state index < -0.39 is 0 Å². The first-order valence-corrected chi connectivity index (χ1v) is 7.27. The molecule has 18 heavy (non-hydrogen) atoms. The summed E-state index contributed by atoms with van der Waals surface area (Å²) in [5, 5.41) is 9.09. The minimum absolute atomic E-state index is 0.514. The van der Waals surface area contributed by atoms with Crippen LogP contribution in [0.3, 0.4) is 0 Å². The van der Waals surface area contributed by atoms with Crippen molar-refractivity contribution in [3.05, 3.63) is 52.5 Å². The molecule has 4 heteroatoms. The highest BCUT2D eigenvalue weighted by atomic mass is 79.9. The average Bonchev–Trinajstić information content (AvgIpc) is 2.41. The van der Waals surface area contributed by atoms with Gasteiger partial charge >= 0.3 is 0 Å². The Morgan fingerprint density at radius 3 is 2.67 bits per heavy atom. The van der Waals surface area contributed by atoms with Crippen LogP contribution in [0.2, 0.25) is 0 Å². The Kier molecular flexibility index (Phi) is 4.29. The van der Waals surface area contributed by atoms with Gasteiger partial charge in [0.2, 0.25) is 0 Å². The third kappa shape index (κ3) is 2.87. The van der Waals surface area contributed by atoms with E-state index in [1.165, 1.54) is 0 Å². The molecule has 0 spiro atoms. The lowest BCUT2D eigenvalue weighted by Crippen LogP contribution is -1.89. The van der Waals surface area contributed by atoms with Crippen LogP contribution in [0.5, 0.6) is 11.5 Å². The Bertz CT molecular complexity index is 607. The molecule has 0 saturated heterocycles. The largest absolute Gasteiger partial charge is 0.455 e. The van der Waals surface area contributed by atoms with Crippen molar-refractivity contribution in [2.45, 2.75) is 4.90 Å². The van der Waals surface area contributed by atoms with Crippen molar-refractivity contribution in [1.82, 2.24) is 0 Å². The molecule has 2 aromatic carbocycles. The zero-order valence-electron chi connectivity index (χ0n) is 9.68. The zero-order valence-corrected chi connectivity index (χ0v) is 12.1. The number of nitriles is 1. The molecule has 0 saturated carbocycles. The Labute approximate surface area is 119 Å². The highest BCUT2D eigenvalue weighted by Gasteiger charge is 2.08. The summed E-state index contributed by atoms with van der Waals surface area (Å²) in [6, 6.07) is 15.3. The molecule has 0 fully saturated rings. The second-order valence-electron chi connectivity index (χ2n) is 3.51. The molecule has 90 valence electrons. The lowest BCUT2D eigenvalue weighted by atomic mass is 10.2. The number of ether oxygens (including phenoxy) is 1. The van der Waals surface area contributed by atoms with Crippen LogP contribution in [-0.4, -0.2) is 6.26 Å². The van der Waals surface area contributed by atoms with Gasteiger partial charge in [-0.25, -0.2) is 0 Å². The van der Waals surface area contributed by atoms with Crippen LogP contribution in [0.4, 0.5) is 0 Å². The summed E-state index contributed by atoms with van der Waals surface area (Å²) >= 11 is 4.95. The standard InChI is InChI=1S/C14H10BrNOS/c1-18-14-5-3-2-4-13(14)17-12-7-6-11(15)8-10(12)9-16/h2-8H,1H3. The van der Waals surface area contributed by atoms with Gasteiger partial charge in [-0.15, -0.1) is 11.8 Å². The van der Waals surface area contributed by atoms with E-state index in [2.05, 4.69) is 22.0 Å². The van der Waals surface area contributed by atoms with E-state index in [-0.39, 0.29) is 0 Å². The molecular weight excluding hydrogens is 310 g/mol. The Hall–Kier alpha value is -1.44. The number of thioether (sulfide) groups is 1. The first-order valence-electron chi connectivity index (χ1n) is 5.25. The minimum Gasteiger partial charge on any atom is -0.455 e. The predicted molar refractivity (Wildman–Crippen MR) is 77.2 cm³/mol. The molecule has 2 nitrogen and oxygen atoms in total. The predicted octanol–water partition coefficient (Wildman–Crippen LogP) is 4.83. The number of hydrogen-bond acceptors (Lipinski definition) is 3. The molecule has 0 atom stereocenters. The summed E-state index contributed by atoms with van der Waals surface area (Å²) in [6.07, 6.45) is 2.00. The van der Waals surface area contributed by atoms with E-state index in [0.29, 0.717) is 11.3 Å². The van der Waals surface area contributed by atoms with Gasteiger partial charge in [-0.05, 0) is 36.6 Å². The summed E-state index contributed by atoms with van der Waals surface area (Å²) in [5.41, 5.74) is 0.514. The maximum Gasteiger partial charge on any atom is 0.145 e. The maximum atomic E-state index is 9.09. The van der Waals surface area contributed by atoms with E-state index in [9.17, 15) is 0 Å². The van der Waals surface area contributed by atoms with E-state index in [1.54, 1.807) is 23.9 Å². The van der Waals surface area contributed by atoms with Crippen LogP contribution in [0.15, 0.2) is 51.8 Å². The summed E-state index contributed by atoms with van der Waals surface area (Å²) in [5.74, 6) is 1.34. The molecule has 2 rings (SSSR count). The number of benzene rings is 2. The lowest BCUT2D eigenvalue weighted by Gasteiger charge is -2.10. The quantitative estimate of drug-likeness (QED) is 0.759. The molecule has 2 aromatic rings. The SMILES string of the molecule is CSc1ccccc1Oc1ccc(Br)cc1C#N. The minimum atomic E-state index is 0.514. The highest BCUT2D eigenvalue weighted by Crippen LogP contribution is 2.33. The Morgan fingerprint density at radius 1 is 1.17 bits per heavy atom. The third-order valence-corrected chi connectivity index (χ3v) is 3.62. The molecule has 0 aliphatic heterocycles. The number of para-hydroxylation sites is 1. The molecule has 0 bridgehead atoms. The molecule has 0 radical (unpaired) electrons. The van der Waals surface area contributed by atoms with Crippen LogP contribution in [0.1, 0.15) is 5.56 Å². The fourth-order valence-corrected chi connectivity index (χ4v) is 2.39. The molecule has 0 aliphatic rings. The van der Waals surface area contributed by atoms with E-state index in [4.69, 9.17) is 10.00 Å². The zero-order chi connectivity index (χ0) is 13.0. The van der Waals surface area contributed by atoms with Gasteiger partial charge in [0.25, 0.3) is 0 Å². The van der Waals surface area contributed by atoms with E-state index in [0.717, 1.165) is 15.1 Å². The summed E-state index contributed by atoms with van der Waals surface area (Å²) in [4.78, 5) is 1.05. The molecule has 0 heterocycles. The van der Waals surface area contributed by atoms with Gasteiger partial charge in [0.05, 0.1) is 5.56 Å². The third-order valence-electron chi connectivity index (χ3n) is 2.35. The fraction of sp³-hybridized carbons (Fsp3) is 0.0714. The maximum absolute atomic E-state index is 9.09. The van der Waals surface area contributed by atoms with Crippen molar-refractivity contribution >= 4 is 27.7 Å². The van der Waals surface area contributed by atoms with Gasteiger partial charge in [-0.1, -0.05) is 28.1 Å². The number of nitrogens with zero attached hydrogens (tertiary/aromatic N) is 1. The highest BCUT2D eigenvalue weighted by molar-refractivity contribution is 9.10. The van der Waals surface area contributed by atoms with Crippen LogP contribution in [0.25, 0.3) is 0 Å². The van der Waals surface area contributed by atoms with Crippen molar-refractivity contribution in [3.63, 3.8) is 0 Å². The van der Waals surface area contributed by atoms with Crippen LogP contribution in [0, 0.1) is 11.3 Å². The van der Waals surface area contributed by atoms with Gasteiger partial charge in [0.1, 0.15) is 17.6 Å². The molecule has 0 aromatic heterocycles. The summed E-state index contributed by atoms with van der Waals surface area (Å²) in [6.45, 7) is 0. The number of halogens is 1. The fourth-order valence-electron chi connectivity index (χ4n) is 1.50. The first kappa shape index (κ1) is 13.0. The van der Waals surface area contributed by atoms with Crippen molar-refractivity contribution in [2.75, 3.05) is 6.26 Å². The van der Waals surface area contributed by atoms with Gasteiger partial charge in [-0.3, -0.25) is 0 Å². The summed E-state index contributed by atoms with van der Waals surface area (Å²) < 4.78 is 6.68. The van der Waals surface area contributed by atoms with Gasteiger partial charge in [0, 0.05) is 9.37 Å². The number of rotatable bonds is 3. The molecule has 0 amide bonds. The van der Waals surface area contributed by atoms with Crippen LogP contribution < -0.4 is 4.74 Å². The molecule has 0 N–H and O–H groups in total. The van der Waals surface area contributed by atoms with E-state index >= 15 is 0 Å². The normalized spacial score (nSPS) is 9.83. The van der Waals surface area contributed by atoms with Gasteiger partial charge < -0.3 is 4.74 Å². The smallest absolute Gasteiger partial charge is 0.145 e. The topological polar surface area (TPSA) is 33.0 Å². The van der Waals surface area contributed by atoms with Crippen molar-refractivity contribution < 1.29 is 4.74 Å². The average molecular weight is 320 g/mol. The van der Waals surface area contributed by atoms with E-state index in [1.807, 2.05) is 36.6 Å². The van der Waals surface area contributed by atoms with Crippen LogP contribution >= 0.6 is 27.7 Å². The monoisotopic (exact) mass is 319 g/mol. The van der Waals surface area contributed by atoms with Gasteiger partial charge in [0.15, 0.2) is 0 Å². The summed E-state index contributed by atoms with van der Waals surface area (Å²) in [7, 11) is 0. The number of hydrogen-bond donors (Lipinski definition) is 0. The molecule has 0 unspecified atom stereocenters. The van der Waals surface area contributed by atoms with Crippen molar-refractivity contribution in [3.8, 4) is 17.6 Å². The Morgan fingerprint density at radius 2 is 1.94 bits per heavy atom. The Balaban J connectivity index is 2.37. The molecular formula is C14H10BrNOS. The van der Waals surface area contributed by atoms with Crippen molar-refractivity contribution in [2.24, 2.45) is 0 Å². The molecule has 0 aliphatic carbocycles. The van der Waals surface area contributed by atoms with Gasteiger partial charge in [-0.2, -0.15) is 5.26 Å². The van der Waals surface area contributed by atoms with Crippen molar-refractivity contribution in [1.29, 1.82) is 5.26 Å². The van der Waals surface area contributed by atoms with Crippen LogP contribution in [-0.2, 0) is 0 Å². The second-order valence-corrected chi connectivity index (χ2v) is 5.27. The first-order chi connectivity index (χ1) is 8.74.